The van der Waals surface area contributed by atoms with Crippen molar-refractivity contribution >= 4 is 0 Å². The zero-order chi connectivity index (χ0) is 12.1. The molecule has 17 heavy (non-hydrogen) atoms. The summed E-state index contributed by atoms with van der Waals surface area (Å²) in [5.41, 5.74) is 1.76. The normalized spacial score (nSPS) is 12.1. The minimum absolute atomic E-state index is 0.521. The number of hydrogen-bond donors (Lipinski definition) is 1. The molecule has 0 radical (unpaired) electrons. The molecule has 3 heteroatoms. The van der Waals surface area contributed by atoms with E-state index in [-0.39, 0.29) is 0 Å². The fraction of sp³-hybridized carbons (Fsp3) is 0.214. The van der Waals surface area contributed by atoms with Gasteiger partial charge in [0.2, 0.25) is 0 Å². The summed E-state index contributed by atoms with van der Waals surface area (Å²) in [5, 5.41) is 10.1. The van der Waals surface area contributed by atoms with Crippen LogP contribution in [0.1, 0.15) is 17.4 Å². The standard InChI is InChI=1S/C14H15NO2/c1-17-13-7-5-11(6-8-13)14(16)10-12-4-2-3-9-15-12/h2-9,14,16H,10H2,1H3/t14-/m1/s1. The van der Waals surface area contributed by atoms with Crippen molar-refractivity contribution in [3.63, 3.8) is 0 Å². The van der Waals surface area contributed by atoms with Crippen molar-refractivity contribution in [1.29, 1.82) is 0 Å². The minimum atomic E-state index is -0.532. The van der Waals surface area contributed by atoms with Crippen LogP contribution in [0.3, 0.4) is 0 Å². The molecule has 1 heterocycles. The predicted molar refractivity (Wildman–Crippen MR) is 65.9 cm³/mol. The van der Waals surface area contributed by atoms with Crippen molar-refractivity contribution < 1.29 is 9.84 Å². The summed E-state index contributed by atoms with van der Waals surface area (Å²) >= 11 is 0. The van der Waals surface area contributed by atoms with E-state index in [2.05, 4.69) is 4.98 Å². The Kier molecular flexibility index (Phi) is 3.73. The van der Waals surface area contributed by atoms with E-state index in [1.165, 1.54) is 0 Å². The first kappa shape index (κ1) is 11.6. The largest absolute Gasteiger partial charge is 0.497 e. The number of ether oxygens (including phenoxy) is 1. The van der Waals surface area contributed by atoms with Gasteiger partial charge in [-0.2, -0.15) is 0 Å². The Morgan fingerprint density at radius 1 is 1.18 bits per heavy atom. The van der Waals surface area contributed by atoms with Crippen LogP contribution < -0.4 is 4.74 Å². The second kappa shape index (κ2) is 5.46. The highest BCUT2D eigenvalue weighted by Crippen LogP contribution is 2.20. The van der Waals surface area contributed by atoms with Crippen LogP contribution in [0, 0.1) is 0 Å². The Bertz CT molecular complexity index is 453. The molecule has 1 N–H and O–H groups in total. The molecule has 0 saturated carbocycles. The van der Waals surface area contributed by atoms with Crippen LogP contribution in [0.15, 0.2) is 48.7 Å². The molecular weight excluding hydrogens is 214 g/mol. The summed E-state index contributed by atoms with van der Waals surface area (Å²) in [5.74, 6) is 0.791. The molecule has 2 aromatic rings. The molecular formula is C14H15NO2. The fourth-order valence-electron chi connectivity index (χ4n) is 1.66. The van der Waals surface area contributed by atoms with Gasteiger partial charge < -0.3 is 9.84 Å². The summed E-state index contributed by atoms with van der Waals surface area (Å²) in [6.07, 6.45) is 1.72. The van der Waals surface area contributed by atoms with Gasteiger partial charge in [-0.1, -0.05) is 18.2 Å². The Hall–Kier alpha value is -1.87. The highest BCUT2D eigenvalue weighted by molar-refractivity contribution is 5.29. The van der Waals surface area contributed by atoms with E-state index in [0.717, 1.165) is 17.0 Å². The van der Waals surface area contributed by atoms with Gasteiger partial charge in [-0.05, 0) is 29.8 Å². The van der Waals surface area contributed by atoms with Gasteiger partial charge in [-0.25, -0.2) is 0 Å². The molecule has 0 saturated heterocycles. The van der Waals surface area contributed by atoms with Crippen molar-refractivity contribution in [2.24, 2.45) is 0 Å². The van der Waals surface area contributed by atoms with Crippen LogP contribution in [0.4, 0.5) is 0 Å². The van der Waals surface area contributed by atoms with Gasteiger partial charge >= 0.3 is 0 Å². The number of benzene rings is 1. The van der Waals surface area contributed by atoms with Gasteiger partial charge in [-0.3, -0.25) is 4.98 Å². The molecule has 3 nitrogen and oxygen atoms in total. The SMILES string of the molecule is COc1ccc([C@H](O)Cc2ccccn2)cc1. The van der Waals surface area contributed by atoms with Crippen LogP contribution in [0.5, 0.6) is 5.75 Å². The van der Waals surface area contributed by atoms with Crippen molar-refractivity contribution in [1.82, 2.24) is 4.98 Å². The van der Waals surface area contributed by atoms with E-state index in [9.17, 15) is 5.11 Å². The molecule has 1 aromatic heterocycles. The van der Waals surface area contributed by atoms with Crippen molar-refractivity contribution in [3.05, 3.63) is 59.9 Å². The quantitative estimate of drug-likeness (QED) is 0.875. The number of aromatic nitrogens is 1. The van der Waals surface area contributed by atoms with Gasteiger partial charge in [0, 0.05) is 18.3 Å². The van der Waals surface area contributed by atoms with Gasteiger partial charge in [0.15, 0.2) is 0 Å². The molecule has 0 fully saturated rings. The maximum atomic E-state index is 10.1. The molecule has 0 bridgehead atoms. The number of nitrogens with zero attached hydrogens (tertiary/aromatic N) is 1. The number of aliphatic hydroxyl groups is 1. The molecule has 0 aliphatic carbocycles. The van der Waals surface area contributed by atoms with E-state index in [0.29, 0.717) is 6.42 Å². The first-order chi connectivity index (χ1) is 8.29. The zero-order valence-electron chi connectivity index (χ0n) is 9.71. The van der Waals surface area contributed by atoms with E-state index in [1.54, 1.807) is 13.3 Å². The molecule has 0 aliphatic heterocycles. The number of methoxy groups -OCH3 is 1. The summed E-state index contributed by atoms with van der Waals surface area (Å²) < 4.78 is 5.07. The zero-order valence-corrected chi connectivity index (χ0v) is 9.71. The van der Waals surface area contributed by atoms with Crippen LogP contribution in [0.25, 0.3) is 0 Å². The third-order valence-corrected chi connectivity index (χ3v) is 2.63. The molecule has 0 aliphatic rings. The Balaban J connectivity index is 2.06. The highest BCUT2D eigenvalue weighted by atomic mass is 16.5. The monoisotopic (exact) mass is 229 g/mol. The minimum Gasteiger partial charge on any atom is -0.497 e. The molecule has 0 spiro atoms. The molecule has 88 valence electrons. The molecule has 2 rings (SSSR count). The fourth-order valence-corrected chi connectivity index (χ4v) is 1.66. The summed E-state index contributed by atoms with van der Waals surface area (Å²) in [6.45, 7) is 0. The first-order valence-electron chi connectivity index (χ1n) is 5.51. The summed E-state index contributed by atoms with van der Waals surface area (Å²) in [7, 11) is 1.62. The maximum Gasteiger partial charge on any atom is 0.118 e. The van der Waals surface area contributed by atoms with Gasteiger partial charge in [0.25, 0.3) is 0 Å². The number of aliphatic hydroxyl groups excluding tert-OH is 1. The lowest BCUT2D eigenvalue weighted by Gasteiger charge is -2.11. The van der Waals surface area contributed by atoms with Gasteiger partial charge in [0.1, 0.15) is 5.75 Å². The van der Waals surface area contributed by atoms with Crippen LogP contribution in [0.2, 0.25) is 0 Å². The molecule has 1 aromatic carbocycles. The Morgan fingerprint density at radius 3 is 2.53 bits per heavy atom. The second-order valence-corrected chi connectivity index (χ2v) is 3.81. The van der Waals surface area contributed by atoms with Crippen LogP contribution in [-0.2, 0) is 6.42 Å². The van der Waals surface area contributed by atoms with Crippen molar-refractivity contribution in [2.75, 3.05) is 7.11 Å². The topological polar surface area (TPSA) is 42.4 Å². The van der Waals surface area contributed by atoms with Crippen molar-refractivity contribution in [3.8, 4) is 5.75 Å². The molecule has 0 unspecified atom stereocenters. The smallest absolute Gasteiger partial charge is 0.118 e. The molecule has 1 atom stereocenters. The third-order valence-electron chi connectivity index (χ3n) is 2.63. The Labute approximate surface area is 101 Å². The van der Waals surface area contributed by atoms with E-state index >= 15 is 0 Å². The number of rotatable bonds is 4. The highest BCUT2D eigenvalue weighted by Gasteiger charge is 2.09. The van der Waals surface area contributed by atoms with Crippen molar-refractivity contribution in [2.45, 2.75) is 12.5 Å². The summed E-state index contributed by atoms with van der Waals surface area (Å²) in [6, 6.07) is 13.1. The lowest BCUT2D eigenvalue weighted by Crippen LogP contribution is -2.03. The van der Waals surface area contributed by atoms with Gasteiger partial charge in [0.05, 0.1) is 13.2 Å². The first-order valence-corrected chi connectivity index (χ1v) is 5.51. The van der Waals surface area contributed by atoms with E-state index in [1.807, 2.05) is 42.5 Å². The lowest BCUT2D eigenvalue weighted by molar-refractivity contribution is 0.177. The maximum absolute atomic E-state index is 10.1. The average Bonchev–Trinajstić information content (AvgIpc) is 2.40. The predicted octanol–water partition coefficient (Wildman–Crippen LogP) is 2.37. The number of pyridine rings is 1. The van der Waals surface area contributed by atoms with E-state index < -0.39 is 6.10 Å². The Morgan fingerprint density at radius 2 is 1.94 bits per heavy atom. The lowest BCUT2D eigenvalue weighted by atomic mass is 10.0. The van der Waals surface area contributed by atoms with Crippen LogP contribution >= 0.6 is 0 Å². The van der Waals surface area contributed by atoms with E-state index in [4.69, 9.17) is 4.74 Å². The average molecular weight is 229 g/mol. The van der Waals surface area contributed by atoms with Crippen LogP contribution in [-0.4, -0.2) is 17.2 Å². The number of hydrogen-bond acceptors (Lipinski definition) is 3. The third kappa shape index (κ3) is 3.04. The van der Waals surface area contributed by atoms with Gasteiger partial charge in [-0.15, -0.1) is 0 Å². The summed E-state index contributed by atoms with van der Waals surface area (Å²) in [4.78, 5) is 4.19. The molecule has 0 amide bonds. The second-order valence-electron chi connectivity index (χ2n) is 3.81.